The Balaban J connectivity index is 0.000000310. The first-order valence-electron chi connectivity index (χ1n) is 14.3. The van der Waals surface area contributed by atoms with Crippen molar-refractivity contribution in [1.29, 1.82) is 0 Å². The van der Waals surface area contributed by atoms with E-state index in [0.717, 1.165) is 12.2 Å². The number of rotatable bonds is 11. The summed E-state index contributed by atoms with van der Waals surface area (Å²) in [4.78, 5) is 42.1. The molecule has 0 aliphatic carbocycles. The molecule has 17 heteroatoms. The fourth-order valence-corrected chi connectivity index (χ4v) is 7.16. The number of nitro groups is 2. The van der Waals surface area contributed by atoms with Gasteiger partial charge in [0.25, 0.3) is 11.4 Å². The molecule has 0 spiro atoms. The monoisotopic (exact) mass is 802 g/mol. The van der Waals surface area contributed by atoms with Crippen LogP contribution in [0.25, 0.3) is 6.08 Å². The second-order valence-corrected chi connectivity index (χ2v) is 14.8. The van der Waals surface area contributed by atoms with Gasteiger partial charge in [-0.2, -0.15) is 0 Å². The second-order valence-electron chi connectivity index (χ2n) is 9.90. The smallest absolute Gasteiger partial charge is 0.330 e. The molecule has 4 rings (SSSR count). The summed E-state index contributed by atoms with van der Waals surface area (Å²) in [7, 11) is -4.82. The largest absolute Gasteiger partial charge is 0.466 e. The Morgan fingerprint density at radius 1 is 0.706 bits per heavy atom. The summed E-state index contributed by atoms with van der Waals surface area (Å²) < 4.78 is 58.7. The Bertz CT molecular complexity index is 2120. The number of carbonyl (C=O) groups excluding carboxylic acids is 2. The highest BCUT2D eigenvalue weighted by molar-refractivity contribution is 9.10. The van der Waals surface area contributed by atoms with Crippen LogP contribution in [0.1, 0.15) is 16.7 Å². The van der Waals surface area contributed by atoms with Crippen molar-refractivity contribution in [2.75, 3.05) is 14.2 Å². The number of nitrogens with zero attached hydrogens (tertiary/aromatic N) is 2. The lowest BCUT2D eigenvalue weighted by molar-refractivity contribution is -0.385. The van der Waals surface area contributed by atoms with Crippen molar-refractivity contribution in [3.63, 3.8) is 0 Å². The summed E-state index contributed by atoms with van der Waals surface area (Å²) in [5.74, 6) is -1.91. The van der Waals surface area contributed by atoms with Gasteiger partial charge in [-0.05, 0) is 60.2 Å². The van der Waals surface area contributed by atoms with Crippen LogP contribution in [-0.4, -0.2) is 52.8 Å². The van der Waals surface area contributed by atoms with Crippen molar-refractivity contribution in [2.45, 2.75) is 21.3 Å². The van der Waals surface area contributed by atoms with Crippen LogP contribution in [0.5, 0.6) is 0 Å². The number of halogens is 1. The van der Waals surface area contributed by atoms with Gasteiger partial charge in [0.2, 0.25) is 0 Å². The summed E-state index contributed by atoms with van der Waals surface area (Å²) in [6, 6.07) is 23.9. The number of methoxy groups -OCH3 is 2. The Hall–Kier alpha value is -5.52. The standard InChI is InChI=1S/C17H15NO6S.C13H10BrNO4S.C4H6O2/c1-24-17(19)10-8-13-7-9-16(18(20)21)14(11-13)12-25(22,23)15-5-3-2-4-6-15;14-11-6-7-13(15(16)17)10(8-11)9-20(18,19)12-4-2-1-3-5-12;1-3-4(5)6-2/h2-11H,12H2,1H3;1-8H,9H2;3H,1H2,2H3/b10-8+;;. The minimum atomic E-state index is -3.74. The fourth-order valence-electron chi connectivity index (χ4n) is 4.00. The van der Waals surface area contributed by atoms with Crippen molar-refractivity contribution in [2.24, 2.45) is 0 Å². The third kappa shape index (κ3) is 13.4. The molecule has 0 fully saturated rings. The highest BCUT2D eigenvalue weighted by Crippen LogP contribution is 2.28. The molecule has 0 saturated carbocycles. The van der Waals surface area contributed by atoms with Gasteiger partial charge in [-0.25, -0.2) is 26.4 Å². The molecular formula is C34H31BrN2O12S2. The van der Waals surface area contributed by atoms with Gasteiger partial charge in [0.1, 0.15) is 0 Å². The van der Waals surface area contributed by atoms with Crippen LogP contribution in [0.2, 0.25) is 0 Å². The molecule has 0 unspecified atom stereocenters. The summed E-state index contributed by atoms with van der Waals surface area (Å²) in [5.41, 5.74) is 0.158. The zero-order valence-electron chi connectivity index (χ0n) is 27.1. The van der Waals surface area contributed by atoms with Gasteiger partial charge in [-0.3, -0.25) is 20.2 Å². The molecule has 268 valence electrons. The van der Waals surface area contributed by atoms with E-state index >= 15 is 0 Å². The number of carbonyl (C=O) groups is 2. The molecule has 0 radical (unpaired) electrons. The molecule has 51 heavy (non-hydrogen) atoms. The van der Waals surface area contributed by atoms with E-state index < -0.39 is 53.0 Å². The van der Waals surface area contributed by atoms with Crippen LogP contribution in [0.3, 0.4) is 0 Å². The van der Waals surface area contributed by atoms with E-state index in [1.165, 1.54) is 81.0 Å². The number of hydrogen-bond donors (Lipinski definition) is 0. The zero-order chi connectivity index (χ0) is 38.2. The predicted molar refractivity (Wildman–Crippen MR) is 192 cm³/mol. The molecule has 14 nitrogen and oxygen atoms in total. The van der Waals surface area contributed by atoms with E-state index in [-0.39, 0.29) is 32.3 Å². The van der Waals surface area contributed by atoms with E-state index in [4.69, 9.17) is 0 Å². The van der Waals surface area contributed by atoms with E-state index in [0.29, 0.717) is 10.0 Å². The van der Waals surface area contributed by atoms with Crippen molar-refractivity contribution < 1.29 is 45.7 Å². The third-order valence-corrected chi connectivity index (χ3v) is 10.3. The molecule has 0 aliphatic heterocycles. The van der Waals surface area contributed by atoms with Crippen LogP contribution in [0, 0.1) is 20.2 Å². The summed E-state index contributed by atoms with van der Waals surface area (Å²) >= 11 is 3.19. The molecule has 0 atom stereocenters. The average molecular weight is 804 g/mol. The number of benzene rings is 4. The zero-order valence-corrected chi connectivity index (χ0v) is 30.3. The number of nitro benzene ring substituents is 2. The third-order valence-electron chi connectivity index (χ3n) is 6.42. The van der Waals surface area contributed by atoms with E-state index in [1.807, 2.05) is 0 Å². The molecular weight excluding hydrogens is 772 g/mol. The van der Waals surface area contributed by atoms with Crippen LogP contribution in [0.15, 0.2) is 130 Å². The SMILES string of the molecule is C=CC(=O)OC.COC(=O)/C=C/c1ccc([N+](=O)[O-])c(CS(=O)(=O)c2ccccc2)c1.O=[N+]([O-])c1ccc(Br)cc1CS(=O)(=O)c1ccccc1. The van der Waals surface area contributed by atoms with Crippen LogP contribution in [-0.2, 0) is 50.2 Å². The van der Waals surface area contributed by atoms with Gasteiger partial charge >= 0.3 is 11.9 Å². The predicted octanol–water partition coefficient (Wildman–Crippen LogP) is 6.43. The quantitative estimate of drug-likeness (QED) is 0.0696. The van der Waals surface area contributed by atoms with Gasteiger partial charge in [-0.1, -0.05) is 58.9 Å². The topological polar surface area (TPSA) is 207 Å². The minimum absolute atomic E-state index is 0.0425. The molecule has 0 N–H and O–H groups in total. The molecule has 0 aliphatic rings. The van der Waals surface area contributed by atoms with E-state index in [9.17, 15) is 46.7 Å². The van der Waals surface area contributed by atoms with Crippen LogP contribution in [0.4, 0.5) is 11.4 Å². The molecule has 0 aromatic heterocycles. The van der Waals surface area contributed by atoms with Gasteiger partial charge < -0.3 is 9.47 Å². The van der Waals surface area contributed by atoms with Gasteiger partial charge in [-0.15, -0.1) is 0 Å². The molecule has 0 heterocycles. The Kier molecular flexibility index (Phi) is 16.0. The number of ether oxygens (including phenoxy) is 2. The second kappa shape index (κ2) is 19.6. The van der Waals surface area contributed by atoms with Crippen molar-refractivity contribution in [3.8, 4) is 0 Å². The molecule has 0 amide bonds. The van der Waals surface area contributed by atoms with E-state index in [2.05, 4.69) is 32.0 Å². The number of hydrogen-bond acceptors (Lipinski definition) is 12. The summed E-state index contributed by atoms with van der Waals surface area (Å²) in [6.07, 6.45) is 3.66. The maximum absolute atomic E-state index is 12.5. The maximum atomic E-state index is 12.5. The van der Waals surface area contributed by atoms with Gasteiger partial charge in [0, 0.05) is 39.9 Å². The molecule has 4 aromatic carbocycles. The van der Waals surface area contributed by atoms with Gasteiger partial charge in [0.05, 0.1) is 45.4 Å². The number of esters is 2. The van der Waals surface area contributed by atoms with Crippen LogP contribution >= 0.6 is 15.9 Å². The summed E-state index contributed by atoms with van der Waals surface area (Å²) in [5, 5.41) is 22.1. The maximum Gasteiger partial charge on any atom is 0.330 e. The lowest BCUT2D eigenvalue weighted by atomic mass is 10.1. The van der Waals surface area contributed by atoms with Crippen molar-refractivity contribution in [3.05, 3.63) is 157 Å². The fraction of sp³-hybridized carbons (Fsp3) is 0.118. The lowest BCUT2D eigenvalue weighted by Crippen LogP contribution is -2.07. The van der Waals surface area contributed by atoms with E-state index in [1.54, 1.807) is 36.4 Å². The lowest BCUT2D eigenvalue weighted by Gasteiger charge is -2.06. The highest BCUT2D eigenvalue weighted by atomic mass is 79.9. The van der Waals surface area contributed by atoms with Crippen LogP contribution < -0.4 is 0 Å². The first-order chi connectivity index (χ1) is 24.0. The molecule has 0 saturated heterocycles. The van der Waals surface area contributed by atoms with Gasteiger partial charge in [0.15, 0.2) is 19.7 Å². The number of sulfone groups is 2. The first kappa shape index (κ1) is 41.7. The normalized spacial score (nSPS) is 10.8. The molecule has 4 aromatic rings. The van der Waals surface area contributed by atoms with Crippen molar-refractivity contribution >= 4 is 65.0 Å². The average Bonchev–Trinajstić information content (AvgIpc) is 3.11. The summed E-state index contributed by atoms with van der Waals surface area (Å²) in [6.45, 7) is 3.16. The Morgan fingerprint density at radius 3 is 1.53 bits per heavy atom. The minimum Gasteiger partial charge on any atom is -0.466 e. The Morgan fingerprint density at radius 2 is 1.14 bits per heavy atom. The first-order valence-corrected chi connectivity index (χ1v) is 18.4. The Labute approximate surface area is 302 Å². The van der Waals surface area contributed by atoms with Crippen molar-refractivity contribution in [1.82, 2.24) is 0 Å². The molecule has 0 bridgehead atoms. The highest BCUT2D eigenvalue weighted by Gasteiger charge is 2.23.